The van der Waals surface area contributed by atoms with Gasteiger partial charge in [-0.2, -0.15) is 24.1 Å². The number of hydrogen-bond donors (Lipinski definition) is 7. The molecule has 2 fully saturated rings. The second kappa shape index (κ2) is 42.3. The monoisotopic (exact) mass is 1530 g/mol. The molecule has 0 spiro atoms. The third kappa shape index (κ3) is 28.4. The molecule has 0 atom stereocenters. The number of aliphatic hydroxyl groups is 1. The summed E-state index contributed by atoms with van der Waals surface area (Å²) in [5, 5.41) is 43.5. The highest BCUT2D eigenvalue weighted by molar-refractivity contribution is 8.24. The van der Waals surface area contributed by atoms with Gasteiger partial charge in [0.15, 0.2) is 16.9 Å². The number of aromatic amines is 1. The van der Waals surface area contributed by atoms with Crippen LogP contribution in [0.2, 0.25) is 5.28 Å². The lowest BCUT2D eigenvalue weighted by molar-refractivity contribution is -0.119. The molecule has 13 rings (SSSR count). The number of nitrogens with zero attached hydrogens (tertiary/aromatic N) is 16. The highest BCUT2D eigenvalue weighted by atomic mass is 36.0. The van der Waals surface area contributed by atoms with Crippen LogP contribution in [0.1, 0.15) is 70.3 Å². The molecule has 550 valence electrons. The number of nitriles is 2. The van der Waals surface area contributed by atoms with Gasteiger partial charge in [0, 0.05) is 99.3 Å². The fourth-order valence-corrected chi connectivity index (χ4v) is 9.44. The maximum atomic E-state index is 11.7. The smallest absolute Gasteiger partial charge is 0.411 e. The number of nitrogens with one attached hydrogen (secondary N) is 4. The number of nitrogens with two attached hydrogens (primary N) is 2. The van der Waals surface area contributed by atoms with Gasteiger partial charge in [-0.25, -0.2) is 45.1 Å². The van der Waals surface area contributed by atoms with E-state index in [1.165, 1.54) is 49.9 Å². The van der Waals surface area contributed by atoms with Gasteiger partial charge in [-0.05, 0) is 194 Å². The number of likely N-dealkylation sites (N-methyl/N-ethyl adjacent to an activating group) is 2. The number of benzene rings is 5. The Bertz CT molecular complexity index is 4850. The van der Waals surface area contributed by atoms with Crippen molar-refractivity contribution in [1.82, 2.24) is 79.3 Å². The number of aryl methyl sites for hydroxylation is 8. The van der Waals surface area contributed by atoms with Crippen molar-refractivity contribution in [2.24, 2.45) is 5.84 Å². The fraction of sp³-hybridized carbons (Fsp3) is 0.343. The Balaban J connectivity index is 0.000000255. The number of aromatic nitrogens is 12. The average molecular weight is 1530 g/mol. The van der Waals surface area contributed by atoms with Crippen LogP contribution in [-0.4, -0.2) is 178 Å². The molecule has 8 heterocycles. The van der Waals surface area contributed by atoms with Crippen LogP contribution in [0.25, 0.3) is 49.7 Å². The summed E-state index contributed by atoms with van der Waals surface area (Å²) in [6.07, 6.45) is -0.578. The van der Waals surface area contributed by atoms with Crippen molar-refractivity contribution in [3.05, 3.63) is 163 Å². The van der Waals surface area contributed by atoms with E-state index in [0.717, 1.165) is 112 Å². The van der Waals surface area contributed by atoms with Gasteiger partial charge >= 0.3 is 22.4 Å². The van der Waals surface area contributed by atoms with Crippen molar-refractivity contribution >= 4 is 147 Å². The molecule has 11 aromatic rings. The number of nitrogen functional groups attached to an aromatic ring is 1. The molecule has 2 aliphatic heterocycles. The molecule has 0 unspecified atom stereocenters. The van der Waals surface area contributed by atoms with Crippen molar-refractivity contribution in [1.29, 1.82) is 10.5 Å². The lowest BCUT2D eigenvalue weighted by Crippen LogP contribution is -2.45. The largest absolute Gasteiger partial charge is 0.457 e. The Labute approximate surface area is 619 Å². The molecule has 30 nitrogen and oxygen atoms in total. The zero-order valence-corrected chi connectivity index (χ0v) is 64.2. The predicted octanol–water partition coefficient (Wildman–Crippen LogP) is 11.2. The summed E-state index contributed by atoms with van der Waals surface area (Å²) in [5.41, 5.74) is 18.8. The van der Waals surface area contributed by atoms with Crippen molar-refractivity contribution in [3.8, 4) is 12.1 Å². The Hall–Kier alpha value is -9.40. The molecule has 6 aromatic heterocycles. The minimum atomic E-state index is -3.22. The minimum Gasteiger partial charge on any atom is -0.457 e. The second-order valence-corrected chi connectivity index (χ2v) is 30.0. The first kappa shape index (κ1) is 86.0. The van der Waals surface area contributed by atoms with Crippen molar-refractivity contribution in [3.63, 3.8) is 0 Å². The number of hydrazine groups is 1. The minimum absolute atomic E-state index is 0.218. The van der Waals surface area contributed by atoms with Crippen molar-refractivity contribution in [2.75, 3.05) is 103 Å². The number of aliphatic hydroxyl groups excluding tert-OH is 1. The zero-order valence-electron chi connectivity index (χ0n) is 59.5. The first-order valence-corrected chi connectivity index (χ1v) is 36.6. The zero-order chi connectivity index (χ0) is 76.8. The lowest BCUT2D eigenvalue weighted by atomic mass is 10.1. The number of anilines is 3. The average Bonchev–Trinajstić information content (AvgIpc) is 1.69. The van der Waals surface area contributed by atoms with Crippen LogP contribution in [0, 0.1) is 78.1 Å². The quantitative estimate of drug-likeness (QED) is 0.0161. The molecule has 9 N–H and O–H groups in total. The highest BCUT2D eigenvalue weighted by Gasteiger charge is 2.21. The van der Waals surface area contributed by atoms with Gasteiger partial charge < -0.3 is 45.3 Å². The maximum absolute atomic E-state index is 11.7. The molecule has 0 bridgehead atoms. The number of hydrogen-bond acceptors (Lipinski definition) is 24. The van der Waals surface area contributed by atoms with Crippen LogP contribution >= 0.6 is 62.1 Å². The van der Waals surface area contributed by atoms with E-state index in [-0.39, 0.29) is 18.2 Å². The molecular weight excluding hydrogens is 1450 g/mol. The number of carbonyl (C=O) groups excluding carboxylic acids is 3. The highest BCUT2D eigenvalue weighted by Crippen LogP contribution is 2.61. The van der Waals surface area contributed by atoms with Crippen LogP contribution in [-0.2, 0) is 18.8 Å². The van der Waals surface area contributed by atoms with Crippen LogP contribution in [0.5, 0.6) is 0 Å². The summed E-state index contributed by atoms with van der Waals surface area (Å²) in [6, 6.07) is 32.7. The number of carbonyl (C=O) groups is 3. The first-order valence-electron chi connectivity index (χ1n) is 31.4. The standard InChI is InChI=1S/C16H20N6.C11H9ClN4.C11H10N4O.C10H10N2O2.C8H8N2.C5H12N2.C2H3ClO2.C2H6N2O.C2H6O.Cl3OP/c1-11-4-5-14-13(10-11)15-17-12(2)19-22(15)16(18-14)21-8-6-20(3)7-9-21;1-6-3-4-9-8(5-6)10-13-7(2)15-16(10)11(12)14-9;1-6-3-4-9-8(5-6)10-12-7(2)14-15(10)11(16)13-9;1-7-3-4-9(8(5-7)6-11)12-10(13)14-2;1-6-2-3-8(10)7(4-6)5-9;1-7-4-2-6-3-5-7;1-5-2(3)4;1-2(5)4-3;1-2-3;1-5(2,3)4/h4-5,10H,6-9H2,1-3H3;3-5H,1-2H3;3-5H,1-2H3,(H,13,16);3-5H,1-2H3,(H,12,13);2-4H,10H2,1H3;6H,2-5H2,1H3;1H3;3H2,1H3,(H,4,5);3H,2H2,1H3;. The Kier molecular flexibility index (Phi) is 35.3. The van der Waals surface area contributed by atoms with Gasteiger partial charge in [-0.3, -0.25) is 20.1 Å². The molecule has 5 aromatic carbocycles. The lowest BCUT2D eigenvalue weighted by Gasteiger charge is -2.33. The van der Waals surface area contributed by atoms with E-state index in [0.29, 0.717) is 45.1 Å². The van der Waals surface area contributed by atoms with E-state index >= 15 is 0 Å². The van der Waals surface area contributed by atoms with Crippen LogP contribution in [0.3, 0.4) is 0 Å². The summed E-state index contributed by atoms with van der Waals surface area (Å²) >= 11 is 24.5. The molecule has 2 aliphatic rings. The second-order valence-electron chi connectivity index (χ2n) is 22.7. The summed E-state index contributed by atoms with van der Waals surface area (Å²) in [6.45, 7) is 27.5. The number of halogens is 5. The topological polar surface area (TPSA) is 402 Å². The van der Waals surface area contributed by atoms with Gasteiger partial charge in [0.2, 0.25) is 17.1 Å². The van der Waals surface area contributed by atoms with E-state index in [4.69, 9.17) is 37.9 Å². The van der Waals surface area contributed by atoms with E-state index < -0.39 is 16.7 Å². The number of methoxy groups -OCH3 is 2. The van der Waals surface area contributed by atoms with Crippen LogP contribution < -0.4 is 38.2 Å². The summed E-state index contributed by atoms with van der Waals surface area (Å²) in [4.78, 5) is 73.7. The normalized spacial score (nSPS) is 12.3. The molecule has 36 heteroatoms. The van der Waals surface area contributed by atoms with Gasteiger partial charge in [0.05, 0.1) is 47.6 Å². The van der Waals surface area contributed by atoms with Crippen molar-refractivity contribution < 1.29 is 33.5 Å². The number of ether oxygens (including phenoxy) is 2. The predicted molar refractivity (Wildman–Crippen MR) is 408 cm³/mol. The van der Waals surface area contributed by atoms with Crippen molar-refractivity contribution in [2.45, 2.75) is 69.2 Å². The van der Waals surface area contributed by atoms with E-state index in [1.54, 1.807) is 42.6 Å². The van der Waals surface area contributed by atoms with E-state index in [1.807, 2.05) is 112 Å². The Morgan fingerprint density at radius 1 is 0.631 bits per heavy atom. The number of fused-ring (bicyclic) bond motifs is 9. The van der Waals surface area contributed by atoms with E-state index in [2.05, 4.69) is 165 Å². The number of rotatable bonds is 2. The third-order valence-electron chi connectivity index (χ3n) is 14.1. The van der Waals surface area contributed by atoms with Gasteiger partial charge in [0.1, 0.15) is 29.6 Å². The number of H-pyrrole nitrogens is 1. The SMILES string of the molecule is CC(=O)NN.CCO.CN1CCNCC1.COC(=O)Cl.COC(=O)Nc1ccc(C)cc1C#N.Cc1ccc(N)c(C#N)c1.Cc1ccc2[nH]c(=O)n3nc(C)nc3c2c1.Cc1ccc2nc(Cl)n3nc(C)nc3c2c1.Cc1ccc2nc(N3CCN(C)CC3)n3nc(C)nc3c2c1.O=P(Cl)(Cl)Cl. The van der Waals surface area contributed by atoms with E-state index in [9.17, 15) is 23.7 Å². The van der Waals surface area contributed by atoms with Crippen LogP contribution in [0.4, 0.5) is 26.9 Å². The maximum Gasteiger partial charge on any atom is 0.411 e. The summed E-state index contributed by atoms with van der Waals surface area (Å²) in [5.74, 6) is 7.33. The van der Waals surface area contributed by atoms with Crippen LogP contribution in [0.15, 0.2) is 95.8 Å². The molecule has 0 aliphatic carbocycles. The van der Waals surface area contributed by atoms with Gasteiger partial charge in [0.25, 0.3) is 0 Å². The molecule has 103 heavy (non-hydrogen) atoms. The Morgan fingerprint density at radius 3 is 1.50 bits per heavy atom. The molecular formula is C67H84Cl5N22O8P. The van der Waals surface area contributed by atoms with Gasteiger partial charge in [-0.15, -0.1) is 15.3 Å². The molecule has 0 saturated carbocycles. The summed E-state index contributed by atoms with van der Waals surface area (Å²) in [7, 11) is 6.80. The Morgan fingerprint density at radius 2 is 1.04 bits per heavy atom. The van der Waals surface area contributed by atoms with Gasteiger partial charge in [-0.1, -0.05) is 47.0 Å². The first-order chi connectivity index (χ1) is 48.7. The molecule has 2 amide bonds. The third-order valence-corrected chi connectivity index (χ3v) is 14.5. The fourth-order valence-electron chi connectivity index (χ4n) is 9.23. The molecule has 2 saturated heterocycles. The summed E-state index contributed by atoms with van der Waals surface area (Å²) < 4.78 is 22.6. The number of piperazine rings is 2. The number of amides is 2. The molecule has 0 radical (unpaired) electrons.